The van der Waals surface area contributed by atoms with Crippen LogP contribution in [0.4, 0.5) is 5.69 Å². The summed E-state index contributed by atoms with van der Waals surface area (Å²) in [6.45, 7) is 13.2. The lowest BCUT2D eigenvalue weighted by Gasteiger charge is -2.44. The topological polar surface area (TPSA) is 87.7 Å². The van der Waals surface area contributed by atoms with E-state index in [1.54, 1.807) is 0 Å². The third-order valence-corrected chi connectivity index (χ3v) is 11.8. The minimum Gasteiger partial charge on any atom is -0.359 e. The van der Waals surface area contributed by atoms with Crippen LogP contribution in [0.1, 0.15) is 91.5 Å². The highest BCUT2D eigenvalue weighted by atomic mass is 16.5. The van der Waals surface area contributed by atoms with Gasteiger partial charge in [-0.25, -0.2) is 0 Å². The molecule has 6 rings (SSSR count). The van der Waals surface area contributed by atoms with Gasteiger partial charge in [0.25, 0.3) is 0 Å². The van der Waals surface area contributed by atoms with E-state index >= 15 is 0 Å². The molecule has 0 radical (unpaired) electrons. The van der Waals surface area contributed by atoms with Gasteiger partial charge >= 0.3 is 0 Å². The number of hydrogen-bond acceptors (Lipinski definition) is 4. The maximum absolute atomic E-state index is 14.6. The zero-order valence-electron chi connectivity index (χ0n) is 26.1. The van der Waals surface area contributed by atoms with E-state index in [2.05, 4.69) is 52.2 Å². The van der Waals surface area contributed by atoms with Crippen molar-refractivity contribution in [3.8, 4) is 0 Å². The number of carbonyl (C=O) groups excluding carboxylic acids is 3. The Labute approximate surface area is 251 Å². The lowest BCUT2D eigenvalue weighted by molar-refractivity contribution is -0.146. The highest BCUT2D eigenvalue weighted by Crippen LogP contribution is 2.57. The molecule has 228 valence electrons. The fourth-order valence-corrected chi connectivity index (χ4v) is 8.73. The van der Waals surface area contributed by atoms with E-state index < -0.39 is 29.6 Å². The summed E-state index contributed by atoms with van der Waals surface area (Å²) in [5.41, 5.74) is 0.780. The smallest absolute Gasteiger partial charge is 0.246 e. The van der Waals surface area contributed by atoms with Crippen molar-refractivity contribution in [1.29, 1.82) is 0 Å². The molecule has 0 aromatic heterocycles. The number of fused-ring (bicyclic) bond motifs is 1. The highest BCUT2D eigenvalue weighted by molar-refractivity contribution is 6.03. The fourth-order valence-electron chi connectivity index (χ4n) is 8.73. The monoisotopic (exact) mass is 575 g/mol. The molecule has 2 saturated heterocycles. The second kappa shape index (κ2) is 11.1. The standard InChI is InChI=1S/C35H49N3O4/c1-19(2)24-13-15-25(16-14-24)36-32(39)29-28-17-18-35(42-28)30(29)34(41)38(27-12-8-10-21(4)23(27)6)31(35)33(40)37-26-11-7-9-20(3)22(26)5/h13-23,26-31H,7-12H2,1-6H3,(H,36,39)(H,37,40). The molecular formula is C35H49N3O4. The number of carbonyl (C=O) groups is 3. The molecule has 7 nitrogen and oxygen atoms in total. The van der Waals surface area contributed by atoms with E-state index in [-0.39, 0.29) is 35.7 Å². The Morgan fingerprint density at radius 3 is 2.29 bits per heavy atom. The maximum Gasteiger partial charge on any atom is 0.246 e. The molecule has 5 aliphatic rings. The van der Waals surface area contributed by atoms with Crippen molar-refractivity contribution < 1.29 is 19.1 Å². The second-order valence-corrected chi connectivity index (χ2v) is 14.4. The highest BCUT2D eigenvalue weighted by Gasteiger charge is 2.73. The molecule has 11 unspecified atom stereocenters. The first-order chi connectivity index (χ1) is 20.0. The van der Waals surface area contributed by atoms with Gasteiger partial charge in [0.15, 0.2) is 0 Å². The van der Waals surface area contributed by atoms with Crippen molar-refractivity contribution in [3.63, 3.8) is 0 Å². The van der Waals surface area contributed by atoms with Crippen molar-refractivity contribution in [2.75, 3.05) is 5.32 Å². The normalized spacial score (nSPS) is 40.8. The van der Waals surface area contributed by atoms with Crippen LogP contribution in [0.15, 0.2) is 36.4 Å². The minimum atomic E-state index is -1.13. The van der Waals surface area contributed by atoms with Crippen LogP contribution in [0.3, 0.4) is 0 Å². The van der Waals surface area contributed by atoms with Gasteiger partial charge in [0.05, 0.1) is 17.9 Å². The zero-order chi connectivity index (χ0) is 29.9. The van der Waals surface area contributed by atoms with Gasteiger partial charge in [-0.3, -0.25) is 14.4 Å². The van der Waals surface area contributed by atoms with Crippen LogP contribution in [0.25, 0.3) is 0 Å². The Morgan fingerprint density at radius 2 is 1.60 bits per heavy atom. The number of rotatable bonds is 6. The second-order valence-electron chi connectivity index (χ2n) is 14.4. The van der Waals surface area contributed by atoms with Crippen LogP contribution in [0.2, 0.25) is 0 Å². The Bertz CT molecular complexity index is 1240. The van der Waals surface area contributed by atoms with E-state index in [1.165, 1.54) is 12.0 Å². The van der Waals surface area contributed by atoms with Gasteiger partial charge in [-0.2, -0.15) is 0 Å². The number of likely N-dealkylation sites (tertiary alicyclic amines) is 1. The largest absolute Gasteiger partial charge is 0.359 e. The summed E-state index contributed by atoms with van der Waals surface area (Å²) in [7, 11) is 0. The average Bonchev–Trinajstić information content (AvgIpc) is 3.60. The van der Waals surface area contributed by atoms with Gasteiger partial charge in [-0.15, -0.1) is 0 Å². The molecule has 1 spiro atoms. The number of nitrogens with zero attached hydrogens (tertiary/aromatic N) is 1. The SMILES string of the molecule is CC(C)c1ccc(NC(=O)C2C3C=CC4(O3)C2C(=O)N(C2CCCC(C)C2C)C4C(=O)NC2CCCC(C)C2C)cc1. The van der Waals surface area contributed by atoms with Crippen LogP contribution in [0, 0.1) is 35.5 Å². The first kappa shape index (κ1) is 29.4. The molecule has 3 aliphatic heterocycles. The Kier molecular flexibility index (Phi) is 7.78. The van der Waals surface area contributed by atoms with E-state index in [4.69, 9.17) is 4.74 Å². The lowest BCUT2D eigenvalue weighted by Crippen LogP contribution is -2.61. The molecule has 11 atom stereocenters. The fraction of sp³-hybridized carbons (Fsp3) is 0.686. The third kappa shape index (κ3) is 4.71. The van der Waals surface area contributed by atoms with Crippen LogP contribution in [-0.2, 0) is 19.1 Å². The summed E-state index contributed by atoms with van der Waals surface area (Å²) in [6, 6.07) is 7.14. The first-order valence-corrected chi connectivity index (χ1v) is 16.4. The Morgan fingerprint density at radius 1 is 0.929 bits per heavy atom. The van der Waals surface area contributed by atoms with Gasteiger partial charge in [0.2, 0.25) is 17.7 Å². The summed E-state index contributed by atoms with van der Waals surface area (Å²) >= 11 is 0. The molecule has 4 fully saturated rings. The quantitative estimate of drug-likeness (QED) is 0.428. The number of ether oxygens (including phenoxy) is 1. The number of amides is 3. The van der Waals surface area contributed by atoms with E-state index in [0.29, 0.717) is 29.4 Å². The van der Waals surface area contributed by atoms with Crippen molar-refractivity contribution in [3.05, 3.63) is 42.0 Å². The van der Waals surface area contributed by atoms with Gasteiger partial charge < -0.3 is 20.3 Å². The molecule has 42 heavy (non-hydrogen) atoms. The van der Waals surface area contributed by atoms with Gasteiger partial charge in [0, 0.05) is 17.8 Å². The van der Waals surface area contributed by atoms with Gasteiger partial charge in [-0.05, 0) is 60.1 Å². The molecule has 7 heteroatoms. The van der Waals surface area contributed by atoms with Gasteiger partial charge in [0.1, 0.15) is 11.6 Å². The molecule has 1 aromatic rings. The predicted molar refractivity (Wildman–Crippen MR) is 164 cm³/mol. The third-order valence-electron chi connectivity index (χ3n) is 11.8. The maximum atomic E-state index is 14.6. The molecule has 2 bridgehead atoms. The predicted octanol–water partition coefficient (Wildman–Crippen LogP) is 5.66. The van der Waals surface area contributed by atoms with Crippen molar-refractivity contribution >= 4 is 23.4 Å². The van der Waals surface area contributed by atoms with Crippen LogP contribution in [0.5, 0.6) is 0 Å². The Hall–Kier alpha value is -2.67. The molecule has 2 saturated carbocycles. The zero-order valence-corrected chi connectivity index (χ0v) is 26.1. The van der Waals surface area contributed by atoms with E-state index in [1.807, 2.05) is 41.3 Å². The number of nitrogens with one attached hydrogen (secondary N) is 2. The summed E-state index contributed by atoms with van der Waals surface area (Å²) in [5.74, 6) is 0.169. The average molecular weight is 576 g/mol. The summed E-state index contributed by atoms with van der Waals surface area (Å²) < 4.78 is 6.64. The summed E-state index contributed by atoms with van der Waals surface area (Å²) in [5, 5.41) is 6.47. The van der Waals surface area contributed by atoms with Crippen LogP contribution in [-0.4, -0.2) is 52.5 Å². The molecule has 2 N–H and O–H groups in total. The van der Waals surface area contributed by atoms with Gasteiger partial charge in [-0.1, -0.05) is 91.5 Å². The van der Waals surface area contributed by atoms with Crippen LogP contribution < -0.4 is 10.6 Å². The number of anilines is 1. The molecule has 3 heterocycles. The van der Waals surface area contributed by atoms with E-state index in [9.17, 15) is 14.4 Å². The number of benzene rings is 1. The van der Waals surface area contributed by atoms with Crippen molar-refractivity contribution in [2.24, 2.45) is 35.5 Å². The Balaban J connectivity index is 1.32. The minimum absolute atomic E-state index is 0.0528. The lowest BCUT2D eigenvalue weighted by atomic mass is 9.73. The summed E-state index contributed by atoms with van der Waals surface area (Å²) in [4.78, 5) is 44.8. The molecular weight excluding hydrogens is 526 g/mol. The molecule has 3 amide bonds. The number of hydrogen-bond donors (Lipinski definition) is 2. The summed E-state index contributed by atoms with van der Waals surface area (Å²) in [6.07, 6.45) is 9.57. The molecule has 1 aromatic carbocycles. The molecule has 2 aliphatic carbocycles. The van der Waals surface area contributed by atoms with E-state index in [0.717, 1.165) is 32.1 Å². The van der Waals surface area contributed by atoms with Crippen LogP contribution >= 0.6 is 0 Å². The van der Waals surface area contributed by atoms with Crippen molar-refractivity contribution in [2.45, 2.75) is 116 Å². The first-order valence-electron chi connectivity index (χ1n) is 16.4. The van der Waals surface area contributed by atoms with Crippen molar-refractivity contribution in [1.82, 2.24) is 10.2 Å².